The summed E-state index contributed by atoms with van der Waals surface area (Å²) < 4.78 is 14.6. The molecule has 0 aromatic carbocycles. The Hall–Kier alpha value is -3.22. The van der Waals surface area contributed by atoms with Crippen LogP contribution in [-0.4, -0.2) is 55.9 Å². The van der Waals surface area contributed by atoms with Crippen LogP contribution >= 0.6 is 0 Å². The number of esters is 3. The maximum Gasteiger partial charge on any atom is 0.336 e. The first-order valence-electron chi connectivity index (χ1n) is 9.24. The van der Waals surface area contributed by atoms with Crippen LogP contribution in [0.4, 0.5) is 0 Å². The van der Waals surface area contributed by atoms with Gasteiger partial charge in [-0.15, -0.1) is 0 Å². The maximum absolute atomic E-state index is 12.9. The number of methoxy groups -OCH3 is 2. The van der Waals surface area contributed by atoms with Crippen molar-refractivity contribution in [2.75, 3.05) is 20.8 Å². The molecule has 30 heavy (non-hydrogen) atoms. The second kappa shape index (κ2) is 10.0. The van der Waals surface area contributed by atoms with E-state index in [0.717, 1.165) is 14.2 Å². The minimum Gasteiger partial charge on any atom is -0.468 e. The van der Waals surface area contributed by atoms with Gasteiger partial charge >= 0.3 is 17.9 Å². The van der Waals surface area contributed by atoms with Crippen LogP contribution in [0, 0.1) is 29.1 Å². The molecule has 1 amide bonds. The van der Waals surface area contributed by atoms with E-state index in [9.17, 15) is 24.4 Å². The second-order valence-corrected chi connectivity index (χ2v) is 7.35. The standard InChI is InChI=1S/C20H27N3O7/c1-10(2)20(5,9-21)23-13(24)8-30-19(27)16-14(17(25)28-6)11(3)22-12(4)15(16)18(26)29-7/h10,14,16H,8H2,1-7H3,(H,23,24)/t14?,16-,20+/m0/s1. The van der Waals surface area contributed by atoms with E-state index in [2.05, 4.69) is 10.3 Å². The number of carbonyl (C=O) groups excluding carboxylic acids is 4. The second-order valence-electron chi connectivity index (χ2n) is 7.35. The lowest BCUT2D eigenvalue weighted by Crippen LogP contribution is -2.50. The monoisotopic (exact) mass is 421 g/mol. The van der Waals surface area contributed by atoms with Crippen molar-refractivity contribution in [2.24, 2.45) is 22.7 Å². The van der Waals surface area contributed by atoms with E-state index in [1.54, 1.807) is 20.8 Å². The number of hydrogen-bond acceptors (Lipinski definition) is 9. The van der Waals surface area contributed by atoms with Gasteiger partial charge in [0, 0.05) is 11.4 Å². The van der Waals surface area contributed by atoms with Crippen molar-refractivity contribution in [2.45, 2.75) is 40.2 Å². The van der Waals surface area contributed by atoms with Crippen molar-refractivity contribution in [1.29, 1.82) is 5.26 Å². The lowest BCUT2D eigenvalue weighted by atomic mass is 9.80. The molecule has 164 valence electrons. The molecule has 1 unspecified atom stereocenters. The Morgan fingerprint density at radius 1 is 1.13 bits per heavy atom. The predicted octanol–water partition coefficient (Wildman–Crippen LogP) is 0.911. The Labute approximate surface area is 175 Å². The minimum absolute atomic E-state index is 0.145. The van der Waals surface area contributed by atoms with Crippen molar-refractivity contribution < 1.29 is 33.4 Å². The van der Waals surface area contributed by atoms with Crippen LogP contribution in [0.15, 0.2) is 16.3 Å². The summed E-state index contributed by atoms with van der Waals surface area (Å²) in [6, 6.07) is 2.01. The molecule has 1 rings (SSSR count). The summed E-state index contributed by atoms with van der Waals surface area (Å²) in [5.41, 5.74) is -0.842. The molecule has 0 aliphatic carbocycles. The highest BCUT2D eigenvalue weighted by Gasteiger charge is 2.46. The number of nitrogens with one attached hydrogen (secondary N) is 1. The fourth-order valence-corrected chi connectivity index (χ4v) is 2.95. The molecule has 1 heterocycles. The topological polar surface area (TPSA) is 144 Å². The molecular formula is C20H27N3O7. The van der Waals surface area contributed by atoms with Crippen LogP contribution in [0.1, 0.15) is 34.6 Å². The highest BCUT2D eigenvalue weighted by molar-refractivity contribution is 6.10. The Balaban J connectivity index is 3.14. The third kappa shape index (κ3) is 5.23. The third-order valence-corrected chi connectivity index (χ3v) is 5.07. The Kier molecular flexibility index (Phi) is 8.28. The van der Waals surface area contributed by atoms with Gasteiger partial charge in [-0.1, -0.05) is 13.8 Å². The number of hydrogen-bond donors (Lipinski definition) is 1. The van der Waals surface area contributed by atoms with E-state index in [1.165, 1.54) is 13.8 Å². The van der Waals surface area contributed by atoms with Crippen LogP contribution in [0.3, 0.4) is 0 Å². The van der Waals surface area contributed by atoms with Gasteiger partial charge in [0.2, 0.25) is 0 Å². The fraction of sp³-hybridized carbons (Fsp3) is 0.600. The molecule has 0 aromatic heterocycles. The van der Waals surface area contributed by atoms with E-state index in [1.807, 2.05) is 6.07 Å². The summed E-state index contributed by atoms with van der Waals surface area (Å²) >= 11 is 0. The van der Waals surface area contributed by atoms with Crippen molar-refractivity contribution in [3.63, 3.8) is 0 Å². The summed E-state index contributed by atoms with van der Waals surface area (Å²) in [6.07, 6.45) is 0. The fourth-order valence-electron chi connectivity index (χ4n) is 2.95. The van der Waals surface area contributed by atoms with E-state index >= 15 is 0 Å². The molecule has 0 saturated carbocycles. The number of aliphatic imine (C=N–C) groups is 1. The molecule has 0 spiro atoms. The van der Waals surface area contributed by atoms with Crippen molar-refractivity contribution >= 4 is 29.5 Å². The quantitative estimate of drug-likeness (QED) is 0.472. The molecule has 0 radical (unpaired) electrons. The Bertz CT molecular complexity index is 838. The summed E-state index contributed by atoms with van der Waals surface area (Å²) in [5, 5.41) is 11.8. The number of rotatable bonds is 7. The summed E-state index contributed by atoms with van der Waals surface area (Å²) in [7, 11) is 2.27. The molecule has 3 atom stereocenters. The number of ether oxygens (including phenoxy) is 3. The van der Waals surface area contributed by atoms with E-state index in [4.69, 9.17) is 14.2 Å². The van der Waals surface area contributed by atoms with Crippen molar-refractivity contribution in [3.05, 3.63) is 11.3 Å². The average molecular weight is 421 g/mol. The number of carbonyl (C=O) groups is 4. The van der Waals surface area contributed by atoms with Crippen LogP contribution in [-0.2, 0) is 33.4 Å². The normalized spacial score (nSPS) is 20.4. The molecular weight excluding hydrogens is 394 g/mol. The van der Waals surface area contributed by atoms with Crippen molar-refractivity contribution in [3.8, 4) is 6.07 Å². The number of nitrogens with zero attached hydrogens (tertiary/aromatic N) is 2. The molecule has 0 bridgehead atoms. The number of amides is 1. The highest BCUT2D eigenvalue weighted by Crippen LogP contribution is 2.33. The van der Waals surface area contributed by atoms with E-state index < -0.39 is 47.8 Å². The average Bonchev–Trinajstić information content (AvgIpc) is 2.69. The predicted molar refractivity (Wildman–Crippen MR) is 105 cm³/mol. The van der Waals surface area contributed by atoms with E-state index in [0.29, 0.717) is 0 Å². The zero-order chi connectivity index (χ0) is 23.2. The molecule has 1 aliphatic rings. The van der Waals surface area contributed by atoms with Gasteiger partial charge in [0.1, 0.15) is 17.4 Å². The van der Waals surface area contributed by atoms with Gasteiger partial charge in [0.15, 0.2) is 6.61 Å². The SMILES string of the molecule is COC(=O)C1=C(C)N=C(C)C(C(=O)OC)[C@@H]1C(=O)OCC(=O)N[C@](C)(C#N)C(C)C. The van der Waals surface area contributed by atoms with Gasteiger partial charge in [-0.3, -0.25) is 19.4 Å². The Morgan fingerprint density at radius 3 is 2.20 bits per heavy atom. The first-order chi connectivity index (χ1) is 13.9. The molecule has 10 nitrogen and oxygen atoms in total. The van der Waals surface area contributed by atoms with Crippen LogP contribution in [0.2, 0.25) is 0 Å². The highest BCUT2D eigenvalue weighted by atomic mass is 16.5. The molecule has 0 fully saturated rings. The first-order valence-corrected chi connectivity index (χ1v) is 9.24. The van der Waals surface area contributed by atoms with Crippen molar-refractivity contribution in [1.82, 2.24) is 5.32 Å². The van der Waals surface area contributed by atoms with Gasteiger partial charge < -0.3 is 19.5 Å². The van der Waals surface area contributed by atoms with Gasteiger partial charge in [-0.2, -0.15) is 5.26 Å². The maximum atomic E-state index is 12.9. The smallest absolute Gasteiger partial charge is 0.336 e. The molecule has 10 heteroatoms. The minimum atomic E-state index is -1.39. The zero-order valence-electron chi connectivity index (χ0n) is 18.2. The third-order valence-electron chi connectivity index (χ3n) is 5.07. The summed E-state index contributed by atoms with van der Waals surface area (Å²) in [5.74, 6) is -6.10. The molecule has 1 aliphatic heterocycles. The Morgan fingerprint density at radius 2 is 1.73 bits per heavy atom. The van der Waals surface area contributed by atoms with E-state index in [-0.39, 0.29) is 22.9 Å². The summed E-state index contributed by atoms with van der Waals surface area (Å²) in [6.45, 7) is 7.39. The lowest BCUT2D eigenvalue weighted by Gasteiger charge is -2.29. The number of allylic oxidation sites excluding steroid dienone is 1. The molecule has 0 saturated heterocycles. The lowest BCUT2D eigenvalue weighted by molar-refractivity contribution is -0.158. The van der Waals surface area contributed by atoms with Gasteiger partial charge in [0.25, 0.3) is 5.91 Å². The van der Waals surface area contributed by atoms with Gasteiger partial charge in [-0.05, 0) is 26.7 Å². The first kappa shape index (κ1) is 24.8. The van der Waals surface area contributed by atoms with Crippen LogP contribution in [0.25, 0.3) is 0 Å². The van der Waals surface area contributed by atoms with Gasteiger partial charge in [-0.25, -0.2) is 4.79 Å². The van der Waals surface area contributed by atoms with Gasteiger partial charge in [0.05, 0.1) is 25.9 Å². The summed E-state index contributed by atoms with van der Waals surface area (Å²) in [4.78, 5) is 53.8. The molecule has 0 aromatic rings. The number of nitriles is 1. The largest absolute Gasteiger partial charge is 0.468 e. The zero-order valence-corrected chi connectivity index (χ0v) is 18.2. The van der Waals surface area contributed by atoms with Crippen LogP contribution < -0.4 is 5.32 Å². The van der Waals surface area contributed by atoms with Crippen LogP contribution in [0.5, 0.6) is 0 Å². The molecule has 1 N–H and O–H groups in total.